The van der Waals surface area contributed by atoms with Crippen molar-refractivity contribution in [3.8, 4) is 17.2 Å². The van der Waals surface area contributed by atoms with Gasteiger partial charge >= 0.3 is 0 Å². The van der Waals surface area contributed by atoms with Gasteiger partial charge in [0.2, 0.25) is 0 Å². The zero-order valence-corrected chi connectivity index (χ0v) is 13.9. The highest BCUT2D eigenvalue weighted by Gasteiger charge is 2.37. The first kappa shape index (κ1) is 15.4. The molecule has 1 heterocycles. The number of methoxy groups -OCH3 is 2. The molecule has 0 saturated heterocycles. The maximum Gasteiger partial charge on any atom is 0.160 e. The third kappa shape index (κ3) is 2.54. The molecule has 4 heteroatoms. The maximum absolute atomic E-state index is 9.77. The van der Waals surface area contributed by atoms with Gasteiger partial charge in [-0.1, -0.05) is 6.07 Å². The summed E-state index contributed by atoms with van der Waals surface area (Å²) in [5, 5.41) is 9.77. The molecular formula is C19H21NO3. The molecule has 0 radical (unpaired) electrons. The molecule has 2 aromatic carbocycles. The average molecular weight is 311 g/mol. The molecule has 1 unspecified atom stereocenters. The Labute approximate surface area is 136 Å². The van der Waals surface area contributed by atoms with Gasteiger partial charge in [0.1, 0.15) is 5.75 Å². The number of aliphatic imine (C=N–C) groups is 1. The van der Waals surface area contributed by atoms with Gasteiger partial charge in [0.15, 0.2) is 11.5 Å². The van der Waals surface area contributed by atoms with Gasteiger partial charge in [0.25, 0.3) is 0 Å². The molecule has 0 aromatic heterocycles. The molecule has 1 aliphatic heterocycles. The number of fused-ring (bicyclic) bond motifs is 1. The van der Waals surface area contributed by atoms with Crippen LogP contribution in [0.3, 0.4) is 0 Å². The summed E-state index contributed by atoms with van der Waals surface area (Å²) in [4.78, 5) is 4.72. The number of hydrogen-bond acceptors (Lipinski definition) is 4. The van der Waals surface area contributed by atoms with Crippen LogP contribution < -0.4 is 9.47 Å². The number of ether oxygens (including phenoxy) is 2. The number of rotatable bonds is 4. The van der Waals surface area contributed by atoms with E-state index >= 15 is 0 Å². The van der Waals surface area contributed by atoms with Crippen LogP contribution >= 0.6 is 0 Å². The number of hydrogen-bond donors (Lipinski definition) is 1. The van der Waals surface area contributed by atoms with Crippen LogP contribution in [-0.4, -0.2) is 25.0 Å². The van der Waals surface area contributed by atoms with Crippen LogP contribution in [0.2, 0.25) is 0 Å². The minimum Gasteiger partial charge on any atom is -0.504 e. The van der Waals surface area contributed by atoms with Crippen LogP contribution in [0.5, 0.6) is 17.2 Å². The van der Waals surface area contributed by atoms with Crippen LogP contribution in [0.1, 0.15) is 25.0 Å². The number of phenolic OH excluding ortho intramolecular Hbond substituents is 1. The molecule has 4 nitrogen and oxygen atoms in total. The summed E-state index contributed by atoms with van der Waals surface area (Å²) in [5.74, 6) is 1.48. The second-order valence-electron chi connectivity index (χ2n) is 6.10. The molecule has 0 saturated carbocycles. The summed E-state index contributed by atoms with van der Waals surface area (Å²) in [6, 6.07) is 11.5. The minimum atomic E-state index is -0.203. The quantitative estimate of drug-likeness (QED) is 0.928. The molecule has 0 bridgehead atoms. The van der Waals surface area contributed by atoms with Gasteiger partial charge in [0, 0.05) is 11.1 Å². The molecule has 0 amide bonds. The third-order valence-electron chi connectivity index (χ3n) is 4.69. The van der Waals surface area contributed by atoms with E-state index in [1.165, 1.54) is 5.56 Å². The fraction of sp³-hybridized carbons (Fsp3) is 0.316. The lowest BCUT2D eigenvalue weighted by atomic mass is 9.75. The van der Waals surface area contributed by atoms with E-state index in [9.17, 15) is 5.11 Å². The molecule has 1 aliphatic rings. The van der Waals surface area contributed by atoms with E-state index < -0.39 is 0 Å². The Morgan fingerprint density at radius 1 is 1.09 bits per heavy atom. The Bertz CT molecular complexity index is 782. The van der Waals surface area contributed by atoms with Crippen LogP contribution in [0, 0.1) is 0 Å². The summed E-state index contributed by atoms with van der Waals surface area (Å²) in [7, 11) is 3.23. The zero-order chi connectivity index (χ0) is 16.6. The summed E-state index contributed by atoms with van der Waals surface area (Å²) in [6.45, 7) is 4.25. The Balaban J connectivity index is 2.01. The van der Waals surface area contributed by atoms with Crippen molar-refractivity contribution in [2.75, 3.05) is 14.2 Å². The first-order valence-electron chi connectivity index (χ1n) is 7.58. The highest BCUT2D eigenvalue weighted by atomic mass is 16.5. The van der Waals surface area contributed by atoms with Crippen molar-refractivity contribution >= 4 is 11.4 Å². The molecule has 0 aliphatic carbocycles. The van der Waals surface area contributed by atoms with Gasteiger partial charge in [-0.25, -0.2) is 0 Å². The first-order chi connectivity index (χ1) is 11.0. The van der Waals surface area contributed by atoms with E-state index in [0.29, 0.717) is 5.75 Å². The summed E-state index contributed by atoms with van der Waals surface area (Å²) >= 11 is 0. The van der Waals surface area contributed by atoms with E-state index in [1.54, 1.807) is 20.3 Å². The number of benzene rings is 2. The predicted molar refractivity (Wildman–Crippen MR) is 91.5 cm³/mol. The summed E-state index contributed by atoms with van der Waals surface area (Å²) in [5.41, 5.74) is 4.13. The smallest absolute Gasteiger partial charge is 0.160 e. The van der Waals surface area contributed by atoms with Gasteiger partial charge in [-0.2, -0.15) is 0 Å². The van der Waals surface area contributed by atoms with Crippen LogP contribution in [0.4, 0.5) is 5.69 Å². The van der Waals surface area contributed by atoms with E-state index in [4.69, 9.17) is 14.5 Å². The van der Waals surface area contributed by atoms with E-state index in [-0.39, 0.29) is 11.2 Å². The second kappa shape index (κ2) is 5.61. The SMILES string of the molecule is COc1ccc2c(c1)C(C)(Cc1ccc(O)c(OC)c1)C(C)=N2. The van der Waals surface area contributed by atoms with Crippen LogP contribution in [0.25, 0.3) is 0 Å². The van der Waals surface area contributed by atoms with Crippen molar-refractivity contribution in [2.45, 2.75) is 25.7 Å². The predicted octanol–water partition coefficient (Wildman–Crippen LogP) is 4.02. The third-order valence-corrected chi connectivity index (χ3v) is 4.69. The highest BCUT2D eigenvalue weighted by Crippen LogP contribution is 2.44. The molecular weight excluding hydrogens is 290 g/mol. The van der Waals surface area contributed by atoms with Crippen LogP contribution in [0.15, 0.2) is 41.4 Å². The Morgan fingerprint density at radius 3 is 2.57 bits per heavy atom. The first-order valence-corrected chi connectivity index (χ1v) is 7.58. The molecule has 2 aromatic rings. The van der Waals surface area contributed by atoms with Crippen molar-refractivity contribution in [2.24, 2.45) is 4.99 Å². The molecule has 1 N–H and O–H groups in total. The fourth-order valence-electron chi connectivity index (χ4n) is 3.14. The normalized spacial score (nSPS) is 19.2. The summed E-state index contributed by atoms with van der Waals surface area (Å²) < 4.78 is 10.6. The van der Waals surface area contributed by atoms with Crippen LogP contribution in [-0.2, 0) is 11.8 Å². The van der Waals surface area contributed by atoms with Gasteiger partial charge in [-0.05, 0) is 61.7 Å². The zero-order valence-electron chi connectivity index (χ0n) is 13.9. The van der Waals surface area contributed by atoms with Crippen molar-refractivity contribution < 1.29 is 14.6 Å². The van der Waals surface area contributed by atoms with E-state index in [2.05, 4.69) is 19.9 Å². The van der Waals surface area contributed by atoms with Gasteiger partial charge < -0.3 is 14.6 Å². The number of nitrogens with zero attached hydrogens (tertiary/aromatic N) is 1. The van der Waals surface area contributed by atoms with Gasteiger partial charge in [-0.15, -0.1) is 0 Å². The lowest BCUT2D eigenvalue weighted by molar-refractivity contribution is 0.372. The van der Waals surface area contributed by atoms with Crippen molar-refractivity contribution in [1.82, 2.24) is 0 Å². The molecule has 120 valence electrons. The highest BCUT2D eigenvalue weighted by molar-refractivity contribution is 6.00. The number of phenols is 1. The monoisotopic (exact) mass is 311 g/mol. The Kier molecular flexibility index (Phi) is 3.76. The van der Waals surface area contributed by atoms with Gasteiger partial charge in [0.05, 0.1) is 19.9 Å². The summed E-state index contributed by atoms with van der Waals surface area (Å²) in [6.07, 6.45) is 0.777. The second-order valence-corrected chi connectivity index (χ2v) is 6.10. The molecule has 3 rings (SSSR count). The molecule has 0 fully saturated rings. The fourth-order valence-corrected chi connectivity index (χ4v) is 3.14. The van der Waals surface area contributed by atoms with E-state index in [0.717, 1.165) is 29.1 Å². The average Bonchev–Trinajstić information content (AvgIpc) is 2.80. The Morgan fingerprint density at radius 2 is 1.87 bits per heavy atom. The van der Waals surface area contributed by atoms with E-state index in [1.807, 2.05) is 24.3 Å². The molecule has 0 spiro atoms. The Hall–Kier alpha value is -2.49. The van der Waals surface area contributed by atoms with Crippen molar-refractivity contribution in [3.05, 3.63) is 47.5 Å². The maximum atomic E-state index is 9.77. The standard InChI is InChI=1S/C19H21NO3/c1-12-19(2,11-13-5-8-17(21)18(9-13)23-4)15-10-14(22-3)6-7-16(15)20-12/h5-10,21H,11H2,1-4H3. The lowest BCUT2D eigenvalue weighted by Gasteiger charge is -2.27. The molecule has 23 heavy (non-hydrogen) atoms. The van der Waals surface area contributed by atoms with Crippen molar-refractivity contribution in [1.29, 1.82) is 0 Å². The minimum absolute atomic E-state index is 0.153. The number of aromatic hydroxyl groups is 1. The lowest BCUT2D eigenvalue weighted by Crippen LogP contribution is -2.30. The van der Waals surface area contributed by atoms with Gasteiger partial charge in [-0.3, -0.25) is 4.99 Å². The largest absolute Gasteiger partial charge is 0.504 e. The topological polar surface area (TPSA) is 51.0 Å². The molecule has 1 atom stereocenters. The van der Waals surface area contributed by atoms with Crippen molar-refractivity contribution in [3.63, 3.8) is 0 Å².